The van der Waals surface area contributed by atoms with Gasteiger partial charge in [-0.3, -0.25) is 9.40 Å². The number of nitrogens with zero attached hydrogens (tertiary/aromatic N) is 1. The third kappa shape index (κ3) is 4.41. The van der Waals surface area contributed by atoms with Gasteiger partial charge in [-0.25, -0.2) is 0 Å². The molecule has 1 rings (SSSR count). The topological polar surface area (TPSA) is 48.6 Å². The van der Waals surface area contributed by atoms with Gasteiger partial charge in [0.2, 0.25) is 11.9 Å². The number of aryl methyl sites for hydroxylation is 1. The van der Waals surface area contributed by atoms with Crippen LogP contribution in [0.3, 0.4) is 0 Å². The Labute approximate surface area is 108 Å². The first kappa shape index (κ1) is 15.2. The smallest absolute Gasteiger partial charge is 0.309 e. The van der Waals surface area contributed by atoms with Crippen LogP contribution < -0.4 is 9.57 Å². The minimum Gasteiger partial charge on any atom is -0.309 e. The van der Waals surface area contributed by atoms with Crippen LogP contribution in [0.5, 0.6) is 0 Å². The number of rotatable bonds is 8. The summed E-state index contributed by atoms with van der Waals surface area (Å²) >= 11 is 0. The van der Waals surface area contributed by atoms with Gasteiger partial charge in [-0.1, -0.05) is 0 Å². The van der Waals surface area contributed by atoms with Crippen LogP contribution >= 0.6 is 7.60 Å². The molecule has 1 aromatic rings. The molecule has 0 spiro atoms. The predicted molar refractivity (Wildman–Crippen MR) is 68.6 cm³/mol. The molecule has 102 valence electrons. The first-order valence-corrected chi connectivity index (χ1v) is 7.80. The standard InChI is InChI=1S/C12H21NO4P/c1-4-16-18(14,17-5-2)11-9-12-8-6-7-10-13(12)15-3/h6-8,10H,4-5,9,11H2,1-3H3/q+1. The third-order valence-corrected chi connectivity index (χ3v) is 4.47. The Morgan fingerprint density at radius 3 is 2.44 bits per heavy atom. The molecule has 0 amide bonds. The minimum atomic E-state index is -2.98. The third-order valence-electron chi connectivity index (χ3n) is 2.39. The summed E-state index contributed by atoms with van der Waals surface area (Å²) in [5.74, 6) is 0. The van der Waals surface area contributed by atoms with Crippen LogP contribution in [0.25, 0.3) is 0 Å². The van der Waals surface area contributed by atoms with Gasteiger partial charge in [0, 0.05) is 23.3 Å². The Morgan fingerprint density at radius 1 is 1.22 bits per heavy atom. The number of pyridine rings is 1. The molecule has 0 aromatic carbocycles. The van der Waals surface area contributed by atoms with E-state index in [0.29, 0.717) is 25.8 Å². The zero-order valence-corrected chi connectivity index (χ0v) is 12.1. The minimum absolute atomic E-state index is 0.349. The van der Waals surface area contributed by atoms with E-state index in [0.717, 1.165) is 5.69 Å². The highest BCUT2D eigenvalue weighted by Crippen LogP contribution is 2.48. The second-order valence-electron chi connectivity index (χ2n) is 3.62. The van der Waals surface area contributed by atoms with E-state index in [1.807, 2.05) is 38.2 Å². The molecule has 0 aliphatic heterocycles. The Hall–Kier alpha value is -0.900. The molecule has 0 atom stereocenters. The number of hydrogen-bond acceptors (Lipinski definition) is 4. The van der Waals surface area contributed by atoms with Gasteiger partial charge in [0.05, 0.1) is 19.4 Å². The van der Waals surface area contributed by atoms with E-state index in [2.05, 4.69) is 0 Å². The van der Waals surface area contributed by atoms with Crippen molar-refractivity contribution in [2.24, 2.45) is 0 Å². The van der Waals surface area contributed by atoms with Gasteiger partial charge >= 0.3 is 7.60 Å². The Kier molecular flexibility index (Phi) is 6.33. The number of aromatic nitrogens is 1. The average Bonchev–Trinajstić information content (AvgIpc) is 2.37. The molecule has 6 heteroatoms. The van der Waals surface area contributed by atoms with E-state index in [4.69, 9.17) is 13.9 Å². The predicted octanol–water partition coefficient (Wildman–Crippen LogP) is 1.84. The fourth-order valence-electron chi connectivity index (χ4n) is 1.65. The second-order valence-corrected chi connectivity index (χ2v) is 5.81. The summed E-state index contributed by atoms with van der Waals surface area (Å²) in [5, 5.41) is 0. The molecule has 0 aliphatic rings. The monoisotopic (exact) mass is 274 g/mol. The van der Waals surface area contributed by atoms with Crippen LogP contribution in [0.15, 0.2) is 24.4 Å². The summed E-state index contributed by atoms with van der Waals surface area (Å²) in [7, 11) is -1.39. The van der Waals surface area contributed by atoms with E-state index in [1.165, 1.54) is 0 Å². The average molecular weight is 274 g/mol. The summed E-state index contributed by atoms with van der Waals surface area (Å²) in [6.45, 7) is 4.39. The van der Waals surface area contributed by atoms with Gasteiger partial charge in [-0.15, -0.1) is 0 Å². The largest absolute Gasteiger partial charge is 0.331 e. The van der Waals surface area contributed by atoms with Crippen molar-refractivity contribution < 1.29 is 23.2 Å². The zero-order valence-electron chi connectivity index (χ0n) is 11.2. The molecule has 1 aromatic heterocycles. The van der Waals surface area contributed by atoms with Gasteiger partial charge < -0.3 is 9.05 Å². The van der Waals surface area contributed by atoms with E-state index in [1.54, 1.807) is 11.8 Å². The molecule has 5 nitrogen and oxygen atoms in total. The van der Waals surface area contributed by atoms with Gasteiger partial charge in [-0.05, 0) is 19.9 Å². The summed E-state index contributed by atoms with van der Waals surface area (Å²) in [6, 6.07) is 5.71. The zero-order chi connectivity index (χ0) is 13.4. The van der Waals surface area contributed by atoms with Gasteiger partial charge in [0.1, 0.15) is 7.11 Å². The van der Waals surface area contributed by atoms with Crippen LogP contribution in [0.1, 0.15) is 19.5 Å². The molecule has 0 saturated carbocycles. The summed E-state index contributed by atoms with van der Waals surface area (Å²) in [5.41, 5.74) is 0.930. The lowest BCUT2D eigenvalue weighted by Gasteiger charge is -2.15. The molecule has 18 heavy (non-hydrogen) atoms. The van der Waals surface area contributed by atoms with Crippen molar-refractivity contribution >= 4 is 7.60 Å². The van der Waals surface area contributed by atoms with Crippen LogP contribution in [0.4, 0.5) is 0 Å². The van der Waals surface area contributed by atoms with Crippen molar-refractivity contribution in [3.05, 3.63) is 30.1 Å². The van der Waals surface area contributed by atoms with Gasteiger partial charge in [-0.2, -0.15) is 0 Å². The highest BCUT2D eigenvalue weighted by atomic mass is 31.2. The molecule has 1 heterocycles. The van der Waals surface area contributed by atoms with E-state index in [9.17, 15) is 4.57 Å². The maximum Gasteiger partial charge on any atom is 0.331 e. The lowest BCUT2D eigenvalue weighted by Crippen LogP contribution is -2.44. The van der Waals surface area contributed by atoms with Crippen molar-refractivity contribution in [2.45, 2.75) is 20.3 Å². The van der Waals surface area contributed by atoms with Crippen molar-refractivity contribution in [3.8, 4) is 0 Å². The molecule has 0 N–H and O–H groups in total. The first-order chi connectivity index (χ1) is 8.65. The highest BCUT2D eigenvalue weighted by molar-refractivity contribution is 7.53. The summed E-state index contributed by atoms with van der Waals surface area (Å²) < 4.78 is 24.4. The van der Waals surface area contributed by atoms with Crippen molar-refractivity contribution in [2.75, 3.05) is 26.5 Å². The van der Waals surface area contributed by atoms with Gasteiger partial charge in [0.25, 0.3) is 0 Å². The summed E-state index contributed by atoms with van der Waals surface area (Å²) in [6.07, 6.45) is 2.73. The lowest BCUT2D eigenvalue weighted by molar-refractivity contribution is -0.890. The van der Waals surface area contributed by atoms with Crippen LogP contribution in [-0.2, 0) is 20.0 Å². The first-order valence-electron chi connectivity index (χ1n) is 6.07. The van der Waals surface area contributed by atoms with Crippen LogP contribution in [0.2, 0.25) is 0 Å². The Balaban J connectivity index is 2.69. The Bertz CT molecular complexity index is 401. The van der Waals surface area contributed by atoms with Crippen molar-refractivity contribution in [3.63, 3.8) is 0 Å². The van der Waals surface area contributed by atoms with Crippen LogP contribution in [0, 0.1) is 0 Å². The highest BCUT2D eigenvalue weighted by Gasteiger charge is 2.25. The van der Waals surface area contributed by atoms with E-state index in [-0.39, 0.29) is 0 Å². The maximum absolute atomic E-state index is 12.3. The molecule has 0 saturated heterocycles. The van der Waals surface area contributed by atoms with Crippen LogP contribution in [-0.4, -0.2) is 26.5 Å². The van der Waals surface area contributed by atoms with Crippen molar-refractivity contribution in [1.82, 2.24) is 0 Å². The Morgan fingerprint density at radius 2 is 1.89 bits per heavy atom. The fraction of sp³-hybridized carbons (Fsp3) is 0.583. The van der Waals surface area contributed by atoms with Gasteiger partial charge in [0.15, 0.2) is 0 Å². The molecule has 0 bridgehead atoms. The molecular weight excluding hydrogens is 253 g/mol. The quantitative estimate of drug-likeness (QED) is 0.536. The lowest BCUT2D eigenvalue weighted by atomic mass is 10.3. The molecular formula is C12H21NO4P+. The molecule has 0 radical (unpaired) electrons. The molecule has 0 unspecified atom stereocenters. The number of hydrogen-bond donors (Lipinski definition) is 0. The maximum atomic E-state index is 12.3. The SMILES string of the molecule is CCOP(=O)(CCc1cccc[n+]1OC)OCC. The normalized spacial score (nSPS) is 11.5. The fourth-order valence-corrected chi connectivity index (χ4v) is 3.27. The van der Waals surface area contributed by atoms with E-state index >= 15 is 0 Å². The second kappa shape index (κ2) is 7.52. The molecule has 0 aliphatic carbocycles. The van der Waals surface area contributed by atoms with Crippen molar-refractivity contribution in [1.29, 1.82) is 0 Å². The molecule has 0 fully saturated rings. The summed E-state index contributed by atoms with van der Waals surface area (Å²) in [4.78, 5) is 5.18. The van der Waals surface area contributed by atoms with E-state index < -0.39 is 7.60 Å².